The van der Waals surface area contributed by atoms with Gasteiger partial charge in [-0.1, -0.05) is 351 Å². The second kappa shape index (κ2) is 68.2. The molecule has 19 heteroatoms. The summed E-state index contributed by atoms with van der Waals surface area (Å²) in [6, 6.07) is 0. The van der Waals surface area contributed by atoms with Crippen molar-refractivity contribution >= 4 is 39.5 Å². The van der Waals surface area contributed by atoms with E-state index in [0.29, 0.717) is 25.7 Å². The maximum Gasteiger partial charge on any atom is 0.472 e. The van der Waals surface area contributed by atoms with Crippen molar-refractivity contribution in [2.45, 2.75) is 420 Å². The predicted molar refractivity (Wildman–Crippen MR) is 400 cm³/mol. The molecule has 0 heterocycles. The molecule has 0 amide bonds. The molecule has 3 N–H and O–H groups in total. The van der Waals surface area contributed by atoms with Crippen LogP contribution in [0.4, 0.5) is 0 Å². The molecule has 582 valence electrons. The van der Waals surface area contributed by atoms with Crippen molar-refractivity contribution in [2.24, 2.45) is 23.7 Å². The van der Waals surface area contributed by atoms with Crippen molar-refractivity contribution in [3.05, 3.63) is 0 Å². The fraction of sp³-hybridized carbons (Fsp3) is 0.949. The average molecular weight is 1440 g/mol. The molecule has 6 atom stereocenters. The maximum absolute atomic E-state index is 13.1. The van der Waals surface area contributed by atoms with E-state index in [0.717, 1.165) is 114 Å². The first kappa shape index (κ1) is 96.1. The summed E-state index contributed by atoms with van der Waals surface area (Å²) in [5.74, 6) is 1.01. The minimum Gasteiger partial charge on any atom is -0.462 e. The molecule has 0 aliphatic carbocycles. The largest absolute Gasteiger partial charge is 0.472 e. The number of ether oxygens (including phenoxy) is 4. The topological polar surface area (TPSA) is 237 Å². The molecule has 0 bridgehead atoms. The summed E-state index contributed by atoms with van der Waals surface area (Å²) >= 11 is 0. The standard InChI is InChI=1S/C79H154O17P2/c1-9-72(8)58-50-42-34-26-17-12-10-11-13-19-28-37-45-53-61-78(83)95-74(65-89-76(81)59-51-43-35-27-18-15-14-16-23-31-39-47-55-69(2)3)67-93-97(85,86)91-63-73(80)64-92-98(87,88)94-68-75(66-90-77(82)60-52-44-36-30-22-25-33-41-49-57-71(6)7)96-79(84)62-54-46-38-29-21-20-24-32-40-48-56-70(4)5/h69-75,80H,9-68H2,1-8H3,(H,85,86)(H,87,88)/t72?,73-,74-,75-/m1/s1. The van der Waals surface area contributed by atoms with Crippen LogP contribution >= 0.6 is 15.6 Å². The van der Waals surface area contributed by atoms with E-state index >= 15 is 0 Å². The molecule has 0 aliphatic heterocycles. The monoisotopic (exact) mass is 1440 g/mol. The van der Waals surface area contributed by atoms with Crippen molar-refractivity contribution < 1.29 is 80.2 Å². The van der Waals surface area contributed by atoms with Gasteiger partial charge in [0, 0.05) is 25.7 Å². The molecule has 3 unspecified atom stereocenters. The third kappa shape index (κ3) is 71.1. The van der Waals surface area contributed by atoms with E-state index in [4.69, 9.17) is 37.0 Å². The van der Waals surface area contributed by atoms with E-state index in [1.54, 1.807) is 0 Å². The maximum atomic E-state index is 13.1. The Labute approximate surface area is 600 Å². The van der Waals surface area contributed by atoms with Gasteiger partial charge in [-0.2, -0.15) is 0 Å². The number of hydrogen-bond acceptors (Lipinski definition) is 15. The number of phosphoric ester groups is 2. The van der Waals surface area contributed by atoms with E-state index in [1.807, 2.05) is 0 Å². The number of carbonyl (C=O) groups excluding carboxylic acids is 4. The van der Waals surface area contributed by atoms with Gasteiger partial charge >= 0.3 is 39.5 Å². The van der Waals surface area contributed by atoms with Gasteiger partial charge in [-0.15, -0.1) is 0 Å². The lowest BCUT2D eigenvalue weighted by molar-refractivity contribution is -0.161. The van der Waals surface area contributed by atoms with Crippen LogP contribution in [-0.4, -0.2) is 96.7 Å². The van der Waals surface area contributed by atoms with Gasteiger partial charge < -0.3 is 33.8 Å². The van der Waals surface area contributed by atoms with Crippen LogP contribution in [0.15, 0.2) is 0 Å². The number of rotatable bonds is 76. The summed E-state index contributed by atoms with van der Waals surface area (Å²) in [5.41, 5.74) is 0. The highest BCUT2D eigenvalue weighted by atomic mass is 31.2. The van der Waals surface area contributed by atoms with Crippen LogP contribution in [0.3, 0.4) is 0 Å². The molecule has 0 saturated heterocycles. The molecule has 0 spiro atoms. The first-order valence-electron chi connectivity index (χ1n) is 40.7. The second-order valence-corrected chi connectivity index (χ2v) is 33.0. The van der Waals surface area contributed by atoms with E-state index in [-0.39, 0.29) is 25.7 Å². The zero-order chi connectivity index (χ0) is 72.4. The number of hydrogen-bond donors (Lipinski definition) is 3. The van der Waals surface area contributed by atoms with Crippen molar-refractivity contribution in [1.82, 2.24) is 0 Å². The Balaban J connectivity index is 5.27. The van der Waals surface area contributed by atoms with Crippen molar-refractivity contribution in [2.75, 3.05) is 39.6 Å². The van der Waals surface area contributed by atoms with Crippen LogP contribution < -0.4 is 0 Å². The van der Waals surface area contributed by atoms with E-state index in [2.05, 4.69) is 55.4 Å². The fourth-order valence-corrected chi connectivity index (χ4v) is 13.6. The summed E-state index contributed by atoms with van der Waals surface area (Å²) in [5, 5.41) is 10.6. The quantitative estimate of drug-likeness (QED) is 0.0222. The van der Waals surface area contributed by atoms with Gasteiger partial charge in [0.05, 0.1) is 26.4 Å². The Hall–Kier alpha value is -1.94. The minimum absolute atomic E-state index is 0.105. The Morgan fingerprint density at radius 2 is 0.490 bits per heavy atom. The molecule has 0 fully saturated rings. The van der Waals surface area contributed by atoms with Crippen LogP contribution in [0, 0.1) is 23.7 Å². The lowest BCUT2D eigenvalue weighted by atomic mass is 9.99. The highest BCUT2D eigenvalue weighted by Gasteiger charge is 2.30. The highest BCUT2D eigenvalue weighted by Crippen LogP contribution is 2.45. The third-order valence-corrected chi connectivity index (χ3v) is 20.6. The Morgan fingerprint density at radius 3 is 0.724 bits per heavy atom. The lowest BCUT2D eigenvalue weighted by Gasteiger charge is -2.21. The zero-order valence-corrected chi connectivity index (χ0v) is 66.2. The SMILES string of the molecule is CCC(C)CCCCCCCCCCCCCCCCC(=O)O[C@H](COC(=O)CCCCCCCCCCCCCCC(C)C)COP(=O)(O)OC[C@@H](O)COP(=O)(O)OC[C@@H](COC(=O)CCCCCCCCCCCC(C)C)OC(=O)CCCCCCCCCCCCC(C)C. The Bertz CT molecular complexity index is 1920. The van der Waals surface area contributed by atoms with E-state index in [1.165, 1.54) is 205 Å². The van der Waals surface area contributed by atoms with Gasteiger partial charge in [-0.25, -0.2) is 9.13 Å². The van der Waals surface area contributed by atoms with Crippen molar-refractivity contribution in [1.29, 1.82) is 0 Å². The molecular weight excluding hydrogens is 1280 g/mol. The highest BCUT2D eigenvalue weighted by molar-refractivity contribution is 7.47. The molecule has 0 aromatic carbocycles. The molecule has 0 aliphatic rings. The van der Waals surface area contributed by atoms with E-state index < -0.39 is 97.5 Å². The molecule has 0 saturated carbocycles. The number of aliphatic hydroxyl groups is 1. The van der Waals surface area contributed by atoms with E-state index in [9.17, 15) is 43.2 Å². The molecule has 17 nitrogen and oxygen atoms in total. The van der Waals surface area contributed by atoms with Crippen molar-refractivity contribution in [3.63, 3.8) is 0 Å². The molecule has 0 rings (SSSR count). The Morgan fingerprint density at radius 1 is 0.286 bits per heavy atom. The number of aliphatic hydroxyl groups excluding tert-OH is 1. The molecule has 98 heavy (non-hydrogen) atoms. The Kier molecular flexibility index (Phi) is 66.8. The third-order valence-electron chi connectivity index (χ3n) is 18.7. The average Bonchev–Trinajstić information content (AvgIpc) is 0.973. The summed E-state index contributed by atoms with van der Waals surface area (Å²) in [6.45, 7) is 14.3. The number of carbonyl (C=O) groups is 4. The van der Waals surface area contributed by atoms with Gasteiger partial charge in [0.15, 0.2) is 12.2 Å². The molecular formula is C79H154O17P2. The normalized spacial score (nSPS) is 14.3. The van der Waals surface area contributed by atoms with Gasteiger partial charge in [-0.3, -0.25) is 37.3 Å². The summed E-state index contributed by atoms with van der Waals surface area (Å²) in [7, 11) is -9.92. The molecule has 0 radical (unpaired) electrons. The summed E-state index contributed by atoms with van der Waals surface area (Å²) in [6.07, 6.45) is 54.0. The van der Waals surface area contributed by atoms with Gasteiger partial charge in [0.25, 0.3) is 0 Å². The van der Waals surface area contributed by atoms with Crippen LogP contribution in [0.2, 0.25) is 0 Å². The van der Waals surface area contributed by atoms with Crippen LogP contribution in [-0.2, 0) is 65.4 Å². The molecule has 0 aromatic heterocycles. The second-order valence-electron chi connectivity index (χ2n) is 30.1. The number of esters is 4. The summed E-state index contributed by atoms with van der Waals surface area (Å²) < 4.78 is 68.7. The number of phosphoric acid groups is 2. The smallest absolute Gasteiger partial charge is 0.462 e. The van der Waals surface area contributed by atoms with Gasteiger partial charge in [-0.05, 0) is 49.4 Å². The first-order chi connectivity index (χ1) is 47.1. The zero-order valence-electron chi connectivity index (χ0n) is 64.4. The fourth-order valence-electron chi connectivity index (χ4n) is 12.0. The summed E-state index contributed by atoms with van der Waals surface area (Å²) in [4.78, 5) is 73.0. The lowest BCUT2D eigenvalue weighted by Crippen LogP contribution is -2.30. The predicted octanol–water partition coefficient (Wildman–Crippen LogP) is 23.2. The minimum atomic E-state index is -4.96. The molecule has 0 aromatic rings. The van der Waals surface area contributed by atoms with Crippen LogP contribution in [0.5, 0.6) is 0 Å². The van der Waals surface area contributed by atoms with Crippen LogP contribution in [0.25, 0.3) is 0 Å². The first-order valence-corrected chi connectivity index (χ1v) is 43.7. The van der Waals surface area contributed by atoms with Gasteiger partial charge in [0.2, 0.25) is 0 Å². The van der Waals surface area contributed by atoms with Gasteiger partial charge in [0.1, 0.15) is 19.3 Å². The number of unbranched alkanes of at least 4 members (excludes halogenated alkanes) is 41. The van der Waals surface area contributed by atoms with Crippen LogP contribution in [0.1, 0.15) is 402 Å². The van der Waals surface area contributed by atoms with Crippen molar-refractivity contribution in [3.8, 4) is 0 Å².